The molecule has 1 aliphatic rings. The number of anilines is 1. The molecule has 2 rings (SSSR count). The van der Waals surface area contributed by atoms with Crippen molar-refractivity contribution in [2.24, 2.45) is 5.41 Å². The number of rotatable bonds is 3. The van der Waals surface area contributed by atoms with Crippen molar-refractivity contribution in [1.29, 1.82) is 0 Å². The van der Waals surface area contributed by atoms with E-state index < -0.39 is 11.7 Å². The van der Waals surface area contributed by atoms with Gasteiger partial charge in [0.25, 0.3) is 0 Å². The Hall–Kier alpha value is -1.23. The van der Waals surface area contributed by atoms with Gasteiger partial charge in [0, 0.05) is 25.3 Å². The molecule has 0 radical (unpaired) electrons. The highest BCUT2D eigenvalue weighted by Crippen LogP contribution is 2.41. The topological polar surface area (TPSA) is 15.3 Å². The lowest BCUT2D eigenvalue weighted by atomic mass is 9.93. The van der Waals surface area contributed by atoms with Crippen molar-refractivity contribution in [3.63, 3.8) is 0 Å². The van der Waals surface area contributed by atoms with Gasteiger partial charge in [0.05, 0.1) is 5.56 Å². The van der Waals surface area contributed by atoms with Crippen LogP contribution in [0.15, 0.2) is 18.2 Å². The van der Waals surface area contributed by atoms with Crippen LogP contribution in [0.2, 0.25) is 0 Å². The number of hydrogen-bond acceptors (Lipinski definition) is 2. The lowest BCUT2D eigenvalue weighted by Gasteiger charge is -2.25. The fraction of sp³-hybridized carbons (Fsp3) is 0.600. The molecule has 0 amide bonds. The second-order valence-corrected chi connectivity index (χ2v) is 6.22. The summed E-state index contributed by atoms with van der Waals surface area (Å²) in [6, 6.07) is 4.64. The second kappa shape index (κ2) is 5.28. The highest BCUT2D eigenvalue weighted by molar-refractivity contribution is 5.57. The van der Waals surface area contributed by atoms with E-state index in [0.29, 0.717) is 30.9 Å². The van der Waals surface area contributed by atoms with E-state index in [1.165, 1.54) is 6.07 Å². The maximum Gasteiger partial charge on any atom is 0.418 e. The van der Waals surface area contributed by atoms with Gasteiger partial charge in [0.1, 0.15) is 0 Å². The van der Waals surface area contributed by atoms with E-state index in [1.807, 2.05) is 4.90 Å². The minimum absolute atomic E-state index is 0.0759. The lowest BCUT2D eigenvalue weighted by molar-refractivity contribution is -0.137. The van der Waals surface area contributed by atoms with Crippen LogP contribution < -0.4 is 10.2 Å². The molecule has 0 spiro atoms. The van der Waals surface area contributed by atoms with E-state index in [-0.39, 0.29) is 5.41 Å². The Morgan fingerprint density at radius 2 is 2.00 bits per heavy atom. The highest BCUT2D eigenvalue weighted by Gasteiger charge is 2.38. The van der Waals surface area contributed by atoms with Gasteiger partial charge in [0.2, 0.25) is 0 Å². The van der Waals surface area contributed by atoms with Crippen molar-refractivity contribution >= 4 is 5.69 Å². The van der Waals surface area contributed by atoms with Crippen molar-refractivity contribution in [3.05, 3.63) is 29.3 Å². The van der Waals surface area contributed by atoms with Crippen LogP contribution in [-0.2, 0) is 12.7 Å². The molecule has 1 aromatic rings. The summed E-state index contributed by atoms with van der Waals surface area (Å²) in [6.45, 7) is 5.98. The summed E-state index contributed by atoms with van der Waals surface area (Å²) in [5.41, 5.74) is 0.514. The first-order valence-corrected chi connectivity index (χ1v) is 6.83. The van der Waals surface area contributed by atoms with Gasteiger partial charge in [-0.25, -0.2) is 0 Å². The highest BCUT2D eigenvalue weighted by atomic mass is 19.4. The Bertz CT molecular complexity index is 480. The molecule has 1 saturated heterocycles. The molecule has 0 aliphatic carbocycles. The first-order chi connectivity index (χ1) is 9.23. The standard InChI is InChI=1S/C15H21F3N2/c1-14(2)6-7-20(10-14)13-5-4-11(9-19-3)8-12(13)15(16,17)18/h4-5,8,19H,6-7,9-10H2,1-3H3. The Morgan fingerprint density at radius 1 is 1.30 bits per heavy atom. The molecular formula is C15H21F3N2. The van der Waals surface area contributed by atoms with Gasteiger partial charge in [-0.2, -0.15) is 13.2 Å². The molecule has 20 heavy (non-hydrogen) atoms. The van der Waals surface area contributed by atoms with Crippen molar-refractivity contribution in [3.8, 4) is 0 Å². The summed E-state index contributed by atoms with van der Waals surface area (Å²) in [5.74, 6) is 0. The molecule has 1 fully saturated rings. The van der Waals surface area contributed by atoms with Crippen LogP contribution in [0.1, 0.15) is 31.4 Å². The zero-order chi connectivity index (χ0) is 15.0. The van der Waals surface area contributed by atoms with Crippen LogP contribution in [-0.4, -0.2) is 20.1 Å². The Labute approximate surface area is 118 Å². The molecule has 1 N–H and O–H groups in total. The molecule has 0 aromatic heterocycles. The summed E-state index contributed by atoms with van der Waals surface area (Å²) < 4.78 is 39.8. The van der Waals surface area contributed by atoms with Crippen LogP contribution in [0.3, 0.4) is 0 Å². The maximum absolute atomic E-state index is 13.3. The van der Waals surface area contributed by atoms with E-state index >= 15 is 0 Å². The number of alkyl halides is 3. The van der Waals surface area contributed by atoms with Crippen LogP contribution in [0.5, 0.6) is 0 Å². The number of halogens is 3. The largest absolute Gasteiger partial charge is 0.418 e. The molecule has 2 nitrogen and oxygen atoms in total. The maximum atomic E-state index is 13.3. The number of benzene rings is 1. The molecule has 0 bridgehead atoms. The van der Waals surface area contributed by atoms with Gasteiger partial charge in [-0.15, -0.1) is 0 Å². The van der Waals surface area contributed by atoms with E-state index in [1.54, 1.807) is 19.2 Å². The van der Waals surface area contributed by atoms with Gasteiger partial charge < -0.3 is 10.2 Å². The average molecular weight is 286 g/mol. The summed E-state index contributed by atoms with van der Waals surface area (Å²) in [5, 5.41) is 2.88. The molecule has 0 atom stereocenters. The van der Waals surface area contributed by atoms with E-state index in [9.17, 15) is 13.2 Å². The molecular weight excluding hydrogens is 265 g/mol. The smallest absolute Gasteiger partial charge is 0.370 e. The summed E-state index contributed by atoms with van der Waals surface area (Å²) in [4.78, 5) is 1.85. The number of hydrogen-bond donors (Lipinski definition) is 1. The average Bonchev–Trinajstić information content (AvgIpc) is 2.69. The van der Waals surface area contributed by atoms with Crippen molar-refractivity contribution < 1.29 is 13.2 Å². The molecule has 5 heteroatoms. The molecule has 0 unspecified atom stereocenters. The molecule has 1 heterocycles. The first-order valence-electron chi connectivity index (χ1n) is 6.83. The lowest BCUT2D eigenvalue weighted by Crippen LogP contribution is -2.25. The van der Waals surface area contributed by atoms with Crippen LogP contribution in [0, 0.1) is 5.41 Å². The number of nitrogens with one attached hydrogen (secondary N) is 1. The summed E-state index contributed by atoms with van der Waals surface area (Å²) in [7, 11) is 1.73. The van der Waals surface area contributed by atoms with E-state index in [2.05, 4.69) is 19.2 Å². The van der Waals surface area contributed by atoms with Gasteiger partial charge >= 0.3 is 6.18 Å². The van der Waals surface area contributed by atoms with Gasteiger partial charge in [-0.1, -0.05) is 19.9 Å². The van der Waals surface area contributed by atoms with Crippen LogP contribution in [0.25, 0.3) is 0 Å². The third kappa shape index (κ3) is 3.26. The Balaban J connectivity index is 2.37. The Morgan fingerprint density at radius 3 is 2.50 bits per heavy atom. The molecule has 1 aliphatic heterocycles. The normalized spacial score (nSPS) is 18.6. The van der Waals surface area contributed by atoms with Gasteiger partial charge in [-0.3, -0.25) is 0 Å². The predicted molar refractivity (Wildman–Crippen MR) is 74.8 cm³/mol. The minimum Gasteiger partial charge on any atom is -0.370 e. The molecule has 1 aromatic carbocycles. The Kier molecular flexibility index (Phi) is 4.00. The van der Waals surface area contributed by atoms with Crippen molar-refractivity contribution in [2.75, 3.05) is 25.0 Å². The second-order valence-electron chi connectivity index (χ2n) is 6.22. The van der Waals surface area contributed by atoms with E-state index in [4.69, 9.17) is 0 Å². The van der Waals surface area contributed by atoms with Gasteiger partial charge in [-0.05, 0) is 36.6 Å². The first kappa shape index (κ1) is 15.2. The summed E-state index contributed by atoms with van der Waals surface area (Å²) >= 11 is 0. The third-order valence-corrected chi connectivity index (χ3v) is 3.77. The van der Waals surface area contributed by atoms with Crippen molar-refractivity contribution in [1.82, 2.24) is 5.32 Å². The predicted octanol–water partition coefficient (Wildman–Crippen LogP) is 3.66. The van der Waals surface area contributed by atoms with Gasteiger partial charge in [0.15, 0.2) is 0 Å². The van der Waals surface area contributed by atoms with Crippen molar-refractivity contribution in [2.45, 2.75) is 33.0 Å². The molecule has 0 saturated carbocycles. The fourth-order valence-electron chi connectivity index (χ4n) is 2.72. The zero-order valence-corrected chi connectivity index (χ0v) is 12.1. The quantitative estimate of drug-likeness (QED) is 0.912. The molecule has 112 valence electrons. The van der Waals surface area contributed by atoms with Crippen LogP contribution >= 0.6 is 0 Å². The number of nitrogens with zero attached hydrogens (tertiary/aromatic N) is 1. The minimum atomic E-state index is -4.31. The van der Waals surface area contributed by atoms with E-state index in [0.717, 1.165) is 6.42 Å². The van der Waals surface area contributed by atoms with Crippen LogP contribution in [0.4, 0.5) is 18.9 Å². The fourth-order valence-corrected chi connectivity index (χ4v) is 2.72. The zero-order valence-electron chi connectivity index (χ0n) is 12.1. The monoisotopic (exact) mass is 286 g/mol. The SMILES string of the molecule is CNCc1ccc(N2CCC(C)(C)C2)c(C(F)(F)F)c1. The third-order valence-electron chi connectivity index (χ3n) is 3.77. The summed E-state index contributed by atoms with van der Waals surface area (Å²) in [6.07, 6.45) is -3.39.